The average molecular weight is 348 g/mol. The summed E-state index contributed by atoms with van der Waals surface area (Å²) in [5, 5.41) is 8.02. The minimum Gasteiger partial charge on any atom is -0.368 e. The van der Waals surface area contributed by atoms with Crippen molar-refractivity contribution in [2.24, 2.45) is 4.99 Å². The van der Waals surface area contributed by atoms with Crippen molar-refractivity contribution in [1.82, 2.24) is 15.4 Å². The molecule has 1 fully saturated rings. The van der Waals surface area contributed by atoms with E-state index in [1.54, 1.807) is 13.3 Å². The number of halogens is 1. The van der Waals surface area contributed by atoms with Gasteiger partial charge in [-0.1, -0.05) is 22.8 Å². The summed E-state index contributed by atoms with van der Waals surface area (Å²) in [6.45, 7) is 6.42. The average Bonchev–Trinajstić information content (AvgIpc) is 3.12. The van der Waals surface area contributed by atoms with Crippen molar-refractivity contribution in [2.45, 2.75) is 13.5 Å². The van der Waals surface area contributed by atoms with Gasteiger partial charge < -0.3 is 19.6 Å². The van der Waals surface area contributed by atoms with Crippen molar-refractivity contribution in [1.29, 1.82) is 0 Å². The first kappa shape index (κ1) is 16.6. The summed E-state index contributed by atoms with van der Waals surface area (Å²) in [6, 6.07) is 7.90. The molecule has 0 unspecified atom stereocenters. The zero-order valence-corrected chi connectivity index (χ0v) is 14.8. The van der Waals surface area contributed by atoms with Crippen LogP contribution >= 0.6 is 11.6 Å². The van der Waals surface area contributed by atoms with Gasteiger partial charge in [-0.2, -0.15) is 0 Å². The fourth-order valence-electron chi connectivity index (χ4n) is 2.91. The van der Waals surface area contributed by atoms with Gasteiger partial charge in [-0.25, -0.2) is 0 Å². The second kappa shape index (κ2) is 7.57. The molecule has 24 heavy (non-hydrogen) atoms. The van der Waals surface area contributed by atoms with E-state index < -0.39 is 0 Å². The molecular formula is C17H22ClN5O. The van der Waals surface area contributed by atoms with Crippen LogP contribution in [0.1, 0.15) is 11.3 Å². The Morgan fingerprint density at radius 2 is 2.08 bits per heavy atom. The lowest BCUT2D eigenvalue weighted by Gasteiger charge is -2.38. The highest BCUT2D eigenvalue weighted by Crippen LogP contribution is 2.25. The Kier molecular flexibility index (Phi) is 5.25. The number of aryl methyl sites for hydroxylation is 1. The van der Waals surface area contributed by atoms with Crippen LogP contribution in [0.4, 0.5) is 5.69 Å². The third kappa shape index (κ3) is 3.82. The van der Waals surface area contributed by atoms with Gasteiger partial charge in [-0.05, 0) is 24.6 Å². The molecule has 1 saturated heterocycles. The van der Waals surface area contributed by atoms with E-state index in [9.17, 15) is 0 Å². The van der Waals surface area contributed by atoms with E-state index >= 15 is 0 Å². The van der Waals surface area contributed by atoms with E-state index in [0.29, 0.717) is 6.54 Å². The number of hydrogen-bond acceptors (Lipinski definition) is 4. The van der Waals surface area contributed by atoms with Gasteiger partial charge in [0.15, 0.2) is 5.96 Å². The molecule has 1 aliphatic rings. The molecule has 7 heteroatoms. The Balaban J connectivity index is 1.58. The van der Waals surface area contributed by atoms with Crippen LogP contribution in [0.2, 0.25) is 5.02 Å². The molecule has 1 aromatic heterocycles. The second-order valence-corrected chi connectivity index (χ2v) is 6.23. The van der Waals surface area contributed by atoms with Gasteiger partial charge in [-0.15, -0.1) is 0 Å². The van der Waals surface area contributed by atoms with Gasteiger partial charge >= 0.3 is 0 Å². The Hall–Kier alpha value is -2.21. The van der Waals surface area contributed by atoms with Crippen LogP contribution in [0.15, 0.2) is 40.0 Å². The van der Waals surface area contributed by atoms with Gasteiger partial charge in [-0.3, -0.25) is 4.99 Å². The molecule has 1 N–H and O–H groups in total. The van der Waals surface area contributed by atoms with E-state index in [0.717, 1.165) is 42.9 Å². The molecule has 0 amide bonds. The SMILES string of the molecule is CN=C(NCc1ccon1)N1CCN(c2cc(Cl)ccc2C)CC1. The number of nitrogens with zero attached hydrogens (tertiary/aromatic N) is 4. The summed E-state index contributed by atoms with van der Waals surface area (Å²) in [4.78, 5) is 9.01. The molecule has 1 aliphatic heterocycles. The summed E-state index contributed by atoms with van der Waals surface area (Å²) in [7, 11) is 1.80. The highest BCUT2D eigenvalue weighted by molar-refractivity contribution is 6.30. The number of rotatable bonds is 3. The molecule has 3 rings (SSSR count). The number of anilines is 1. The van der Waals surface area contributed by atoms with Crippen LogP contribution in [0.25, 0.3) is 0 Å². The lowest BCUT2D eigenvalue weighted by molar-refractivity contribution is 0.370. The normalized spacial score (nSPS) is 15.7. The topological polar surface area (TPSA) is 56.9 Å². The van der Waals surface area contributed by atoms with Crippen LogP contribution in [0.3, 0.4) is 0 Å². The van der Waals surface area contributed by atoms with Crippen molar-refractivity contribution >= 4 is 23.2 Å². The van der Waals surface area contributed by atoms with Crippen LogP contribution < -0.4 is 10.2 Å². The maximum absolute atomic E-state index is 6.15. The monoisotopic (exact) mass is 347 g/mol. The van der Waals surface area contributed by atoms with E-state index in [-0.39, 0.29) is 0 Å². The molecule has 2 heterocycles. The Bertz CT molecular complexity index is 693. The van der Waals surface area contributed by atoms with Crippen molar-refractivity contribution < 1.29 is 4.52 Å². The molecule has 0 aliphatic carbocycles. The zero-order valence-electron chi connectivity index (χ0n) is 14.0. The van der Waals surface area contributed by atoms with Crippen molar-refractivity contribution in [3.63, 3.8) is 0 Å². The van der Waals surface area contributed by atoms with Crippen LogP contribution in [-0.4, -0.2) is 49.2 Å². The standard InChI is InChI=1S/C17H22ClN5O/c1-13-3-4-14(18)11-16(13)22-6-8-23(9-7-22)17(19-2)20-12-15-5-10-24-21-15/h3-5,10-11H,6-9,12H2,1-2H3,(H,19,20). The van der Waals surface area contributed by atoms with E-state index in [4.69, 9.17) is 16.1 Å². The minimum atomic E-state index is 0.608. The van der Waals surface area contributed by atoms with Crippen molar-refractivity contribution in [3.8, 4) is 0 Å². The first-order valence-electron chi connectivity index (χ1n) is 8.03. The molecule has 0 spiro atoms. The number of piperazine rings is 1. The number of benzene rings is 1. The first-order chi connectivity index (χ1) is 11.7. The fourth-order valence-corrected chi connectivity index (χ4v) is 3.08. The van der Waals surface area contributed by atoms with Gasteiger partial charge in [0.2, 0.25) is 0 Å². The third-order valence-electron chi connectivity index (χ3n) is 4.22. The fraction of sp³-hybridized carbons (Fsp3) is 0.412. The summed E-state index contributed by atoms with van der Waals surface area (Å²) >= 11 is 6.15. The van der Waals surface area contributed by atoms with Crippen LogP contribution in [0, 0.1) is 6.92 Å². The highest BCUT2D eigenvalue weighted by Gasteiger charge is 2.21. The molecule has 1 aromatic carbocycles. The Morgan fingerprint density at radius 3 is 2.75 bits per heavy atom. The third-order valence-corrected chi connectivity index (χ3v) is 4.46. The predicted molar refractivity (Wildman–Crippen MR) is 96.7 cm³/mol. The first-order valence-corrected chi connectivity index (χ1v) is 8.41. The summed E-state index contributed by atoms with van der Waals surface area (Å²) in [5.41, 5.74) is 3.33. The number of aromatic nitrogens is 1. The summed E-state index contributed by atoms with van der Waals surface area (Å²) in [6.07, 6.45) is 1.58. The molecule has 0 saturated carbocycles. The summed E-state index contributed by atoms with van der Waals surface area (Å²) in [5.74, 6) is 0.889. The van der Waals surface area contributed by atoms with E-state index in [2.05, 4.69) is 38.3 Å². The molecule has 128 valence electrons. The summed E-state index contributed by atoms with van der Waals surface area (Å²) < 4.78 is 4.85. The molecule has 6 nitrogen and oxygen atoms in total. The number of aliphatic imine (C=N–C) groups is 1. The van der Waals surface area contributed by atoms with Gasteiger partial charge in [0, 0.05) is 50.0 Å². The zero-order chi connectivity index (χ0) is 16.9. The number of nitrogens with one attached hydrogen (secondary N) is 1. The molecule has 2 aromatic rings. The number of hydrogen-bond donors (Lipinski definition) is 1. The van der Waals surface area contributed by atoms with Gasteiger partial charge in [0.1, 0.15) is 12.0 Å². The molecule has 0 radical (unpaired) electrons. The Labute approximate surface area is 147 Å². The van der Waals surface area contributed by atoms with Gasteiger partial charge in [0.25, 0.3) is 0 Å². The minimum absolute atomic E-state index is 0.608. The smallest absolute Gasteiger partial charge is 0.194 e. The molecule has 0 atom stereocenters. The van der Waals surface area contributed by atoms with Crippen molar-refractivity contribution in [2.75, 3.05) is 38.1 Å². The maximum atomic E-state index is 6.15. The van der Waals surface area contributed by atoms with E-state index in [1.165, 1.54) is 11.3 Å². The second-order valence-electron chi connectivity index (χ2n) is 5.80. The number of guanidine groups is 1. The maximum Gasteiger partial charge on any atom is 0.194 e. The van der Waals surface area contributed by atoms with E-state index in [1.807, 2.05) is 18.2 Å². The predicted octanol–water partition coefficient (Wildman–Crippen LogP) is 2.53. The highest BCUT2D eigenvalue weighted by atomic mass is 35.5. The lowest BCUT2D eigenvalue weighted by Crippen LogP contribution is -2.52. The molecule has 0 bridgehead atoms. The largest absolute Gasteiger partial charge is 0.368 e. The molecular weight excluding hydrogens is 326 g/mol. The quantitative estimate of drug-likeness (QED) is 0.683. The van der Waals surface area contributed by atoms with Gasteiger partial charge in [0.05, 0.1) is 6.54 Å². The van der Waals surface area contributed by atoms with Crippen LogP contribution in [0.5, 0.6) is 0 Å². The van der Waals surface area contributed by atoms with Crippen molar-refractivity contribution in [3.05, 3.63) is 46.8 Å². The Morgan fingerprint density at radius 1 is 1.29 bits per heavy atom. The van der Waals surface area contributed by atoms with Crippen LogP contribution in [-0.2, 0) is 6.54 Å². The lowest BCUT2D eigenvalue weighted by atomic mass is 10.1.